The maximum absolute atomic E-state index is 12.2. The van der Waals surface area contributed by atoms with Gasteiger partial charge in [-0.05, 0) is 41.3 Å². The molecule has 0 heterocycles. The quantitative estimate of drug-likeness (QED) is 0.713. The van der Waals surface area contributed by atoms with Gasteiger partial charge in [0.15, 0.2) is 0 Å². The first-order chi connectivity index (χ1) is 12.1. The van der Waals surface area contributed by atoms with Crippen LogP contribution in [-0.2, 0) is 11.3 Å². The van der Waals surface area contributed by atoms with Gasteiger partial charge in [-0.1, -0.05) is 66.7 Å². The molecule has 0 aliphatic carbocycles. The minimum atomic E-state index is 0.00957. The van der Waals surface area contributed by atoms with Crippen molar-refractivity contribution in [1.29, 1.82) is 0 Å². The van der Waals surface area contributed by atoms with Crippen molar-refractivity contribution < 1.29 is 4.79 Å². The van der Waals surface area contributed by atoms with Gasteiger partial charge in [-0.15, -0.1) is 0 Å². The van der Waals surface area contributed by atoms with Crippen molar-refractivity contribution in [2.75, 3.05) is 6.54 Å². The van der Waals surface area contributed by atoms with E-state index in [1.54, 1.807) is 0 Å². The smallest absolute Gasteiger partial charge is 0.234 e. The molecular formula is C22H24N2O. The Balaban J connectivity index is 1.57. The Labute approximate surface area is 149 Å². The molecule has 0 unspecified atom stereocenters. The van der Waals surface area contributed by atoms with E-state index >= 15 is 0 Å². The number of benzene rings is 3. The second-order valence-corrected chi connectivity index (χ2v) is 6.37. The van der Waals surface area contributed by atoms with Gasteiger partial charge in [0.25, 0.3) is 0 Å². The molecule has 0 bridgehead atoms. The fraction of sp³-hybridized carbons (Fsp3) is 0.227. The molecule has 3 aromatic rings. The lowest BCUT2D eigenvalue weighted by Gasteiger charge is -2.16. The van der Waals surface area contributed by atoms with Gasteiger partial charge in [0, 0.05) is 12.6 Å². The molecule has 3 heteroatoms. The summed E-state index contributed by atoms with van der Waals surface area (Å²) in [4.78, 5) is 12.2. The van der Waals surface area contributed by atoms with Crippen LogP contribution in [0.15, 0.2) is 66.7 Å². The van der Waals surface area contributed by atoms with Crippen LogP contribution in [0, 0.1) is 6.92 Å². The Morgan fingerprint density at radius 3 is 2.52 bits per heavy atom. The van der Waals surface area contributed by atoms with E-state index in [1.807, 2.05) is 30.3 Å². The first-order valence-corrected chi connectivity index (χ1v) is 8.67. The summed E-state index contributed by atoms with van der Waals surface area (Å²) in [7, 11) is 0. The molecule has 0 saturated heterocycles. The van der Waals surface area contributed by atoms with Crippen molar-refractivity contribution in [2.45, 2.75) is 26.4 Å². The zero-order valence-electron chi connectivity index (χ0n) is 14.8. The molecule has 0 spiro atoms. The molecule has 1 atom stereocenters. The number of rotatable bonds is 6. The number of carbonyl (C=O) groups excluding carboxylic acids is 1. The van der Waals surface area contributed by atoms with Gasteiger partial charge >= 0.3 is 0 Å². The molecule has 0 aliphatic heterocycles. The normalized spacial score (nSPS) is 12.1. The van der Waals surface area contributed by atoms with Crippen molar-refractivity contribution in [3.05, 3.63) is 83.4 Å². The standard InChI is InChI=1S/C22H24N2O/c1-16-8-3-4-10-19(16)14-24-22(25)15-23-17(2)20-13-7-11-18-9-5-6-12-21(18)20/h3-13,17,23H,14-15H2,1-2H3,(H,24,25)/t17-/m1/s1. The van der Waals surface area contributed by atoms with Gasteiger partial charge in [-0.3, -0.25) is 4.79 Å². The van der Waals surface area contributed by atoms with Crippen LogP contribution in [0.5, 0.6) is 0 Å². The lowest BCUT2D eigenvalue weighted by Crippen LogP contribution is -2.34. The summed E-state index contributed by atoms with van der Waals surface area (Å²) in [6, 6.07) is 22.8. The van der Waals surface area contributed by atoms with E-state index in [0.29, 0.717) is 13.1 Å². The van der Waals surface area contributed by atoms with Crippen LogP contribution >= 0.6 is 0 Å². The average Bonchev–Trinajstić information content (AvgIpc) is 2.65. The molecule has 0 radical (unpaired) electrons. The first-order valence-electron chi connectivity index (χ1n) is 8.67. The SMILES string of the molecule is Cc1ccccc1CNC(=O)CN[C@H](C)c1cccc2ccccc12. The Hall–Kier alpha value is -2.65. The fourth-order valence-corrected chi connectivity index (χ4v) is 3.05. The number of fused-ring (bicyclic) bond motifs is 1. The average molecular weight is 332 g/mol. The molecule has 2 N–H and O–H groups in total. The Kier molecular flexibility index (Phi) is 5.46. The Morgan fingerprint density at radius 1 is 0.960 bits per heavy atom. The summed E-state index contributed by atoms with van der Waals surface area (Å²) in [5, 5.41) is 8.76. The zero-order chi connectivity index (χ0) is 17.6. The lowest BCUT2D eigenvalue weighted by atomic mass is 10.00. The molecule has 0 saturated carbocycles. The fourth-order valence-electron chi connectivity index (χ4n) is 3.05. The number of amides is 1. The van der Waals surface area contributed by atoms with Gasteiger partial charge in [0.1, 0.15) is 0 Å². The molecular weight excluding hydrogens is 308 g/mol. The highest BCUT2D eigenvalue weighted by Crippen LogP contribution is 2.23. The van der Waals surface area contributed by atoms with Crippen LogP contribution in [-0.4, -0.2) is 12.5 Å². The highest BCUT2D eigenvalue weighted by molar-refractivity contribution is 5.86. The van der Waals surface area contributed by atoms with E-state index in [2.05, 4.69) is 60.9 Å². The molecule has 0 aliphatic rings. The zero-order valence-corrected chi connectivity index (χ0v) is 14.8. The molecule has 25 heavy (non-hydrogen) atoms. The van der Waals surface area contributed by atoms with Crippen molar-refractivity contribution in [3.63, 3.8) is 0 Å². The van der Waals surface area contributed by atoms with Gasteiger partial charge in [-0.2, -0.15) is 0 Å². The van der Waals surface area contributed by atoms with Crippen molar-refractivity contribution >= 4 is 16.7 Å². The summed E-state index contributed by atoms with van der Waals surface area (Å²) < 4.78 is 0. The third kappa shape index (κ3) is 4.25. The Morgan fingerprint density at radius 2 is 1.68 bits per heavy atom. The largest absolute Gasteiger partial charge is 0.351 e. The predicted molar refractivity (Wildman–Crippen MR) is 103 cm³/mol. The predicted octanol–water partition coefficient (Wildman–Crippen LogP) is 4.12. The van der Waals surface area contributed by atoms with Crippen LogP contribution in [0.2, 0.25) is 0 Å². The van der Waals surface area contributed by atoms with Crippen LogP contribution in [0.4, 0.5) is 0 Å². The molecule has 0 fully saturated rings. The molecule has 0 aromatic heterocycles. The van der Waals surface area contributed by atoms with Crippen molar-refractivity contribution in [2.24, 2.45) is 0 Å². The van der Waals surface area contributed by atoms with Gasteiger partial charge in [0.2, 0.25) is 5.91 Å². The maximum atomic E-state index is 12.2. The first kappa shape index (κ1) is 17.2. The van der Waals surface area contributed by atoms with E-state index in [1.165, 1.54) is 21.9 Å². The monoisotopic (exact) mass is 332 g/mol. The highest BCUT2D eigenvalue weighted by atomic mass is 16.1. The minimum absolute atomic E-state index is 0.00957. The summed E-state index contributed by atoms with van der Waals surface area (Å²) in [5.74, 6) is 0.00957. The summed E-state index contributed by atoms with van der Waals surface area (Å²) in [5.41, 5.74) is 3.56. The van der Waals surface area contributed by atoms with Crippen LogP contribution in [0.3, 0.4) is 0 Å². The number of hydrogen-bond acceptors (Lipinski definition) is 2. The lowest BCUT2D eigenvalue weighted by molar-refractivity contribution is -0.120. The van der Waals surface area contributed by atoms with E-state index in [0.717, 1.165) is 5.56 Å². The van der Waals surface area contributed by atoms with Gasteiger partial charge < -0.3 is 10.6 Å². The molecule has 3 nitrogen and oxygen atoms in total. The third-order valence-corrected chi connectivity index (χ3v) is 4.60. The maximum Gasteiger partial charge on any atom is 0.234 e. The van der Waals surface area contributed by atoms with Crippen LogP contribution < -0.4 is 10.6 Å². The number of carbonyl (C=O) groups is 1. The summed E-state index contributed by atoms with van der Waals surface area (Å²) >= 11 is 0. The number of hydrogen-bond donors (Lipinski definition) is 2. The number of nitrogens with one attached hydrogen (secondary N) is 2. The van der Waals surface area contributed by atoms with Crippen molar-refractivity contribution in [1.82, 2.24) is 10.6 Å². The highest BCUT2D eigenvalue weighted by Gasteiger charge is 2.10. The molecule has 3 aromatic carbocycles. The molecule has 1 amide bonds. The van der Waals surface area contributed by atoms with Crippen LogP contribution in [0.25, 0.3) is 10.8 Å². The Bertz CT molecular complexity index is 867. The topological polar surface area (TPSA) is 41.1 Å². The summed E-state index contributed by atoms with van der Waals surface area (Å²) in [6.07, 6.45) is 0. The second-order valence-electron chi connectivity index (χ2n) is 6.37. The third-order valence-electron chi connectivity index (χ3n) is 4.60. The second kappa shape index (κ2) is 7.95. The van der Waals surface area contributed by atoms with E-state index in [9.17, 15) is 4.79 Å². The van der Waals surface area contributed by atoms with Gasteiger partial charge in [0.05, 0.1) is 6.54 Å². The molecule has 3 rings (SSSR count). The van der Waals surface area contributed by atoms with E-state index in [4.69, 9.17) is 0 Å². The minimum Gasteiger partial charge on any atom is -0.351 e. The van der Waals surface area contributed by atoms with Gasteiger partial charge in [-0.25, -0.2) is 0 Å². The van der Waals surface area contributed by atoms with E-state index in [-0.39, 0.29) is 11.9 Å². The molecule has 128 valence electrons. The summed E-state index contributed by atoms with van der Waals surface area (Å²) in [6.45, 7) is 5.02. The van der Waals surface area contributed by atoms with Crippen molar-refractivity contribution in [3.8, 4) is 0 Å². The van der Waals surface area contributed by atoms with Crippen LogP contribution in [0.1, 0.15) is 29.7 Å². The van der Waals surface area contributed by atoms with E-state index < -0.39 is 0 Å². The number of aryl methyl sites for hydroxylation is 1.